The maximum Gasteiger partial charge on any atom is 0.417 e. The first-order valence-electron chi connectivity index (χ1n) is 5.41. The van der Waals surface area contributed by atoms with E-state index >= 15 is 0 Å². The van der Waals surface area contributed by atoms with Gasteiger partial charge in [-0.3, -0.25) is 4.98 Å². The molecule has 0 spiro atoms. The topological polar surface area (TPSA) is 107 Å². The van der Waals surface area contributed by atoms with Crippen molar-refractivity contribution < 1.29 is 12.8 Å². The fraction of sp³-hybridized carbons (Fsp3) is 0.273. The van der Waals surface area contributed by atoms with Crippen LogP contribution in [-0.2, 0) is 10.0 Å². The molecule has 19 heavy (non-hydrogen) atoms. The van der Waals surface area contributed by atoms with Crippen molar-refractivity contribution in [1.29, 1.82) is 5.26 Å². The molecule has 1 aromatic carbocycles. The van der Waals surface area contributed by atoms with E-state index in [0.717, 1.165) is 4.31 Å². The van der Waals surface area contributed by atoms with Gasteiger partial charge in [0.15, 0.2) is 5.58 Å². The smallest absolute Gasteiger partial charge is 0.408 e. The highest BCUT2D eigenvalue weighted by Crippen LogP contribution is 2.19. The third kappa shape index (κ3) is 2.52. The van der Waals surface area contributed by atoms with E-state index in [1.165, 1.54) is 25.2 Å². The Morgan fingerprint density at radius 3 is 2.89 bits per heavy atom. The summed E-state index contributed by atoms with van der Waals surface area (Å²) in [6.45, 7) is 0.105. The Balaban J connectivity index is 2.42. The minimum atomic E-state index is -3.69. The molecule has 0 aliphatic heterocycles. The summed E-state index contributed by atoms with van der Waals surface area (Å²) in [4.78, 5) is 13.5. The second-order valence-corrected chi connectivity index (χ2v) is 5.95. The number of hydrogen-bond acceptors (Lipinski definition) is 5. The fourth-order valence-electron chi connectivity index (χ4n) is 1.59. The number of nitrogens with zero attached hydrogens (tertiary/aromatic N) is 2. The van der Waals surface area contributed by atoms with Crippen LogP contribution < -0.4 is 5.76 Å². The summed E-state index contributed by atoms with van der Waals surface area (Å²) in [5.74, 6) is -0.637. The lowest BCUT2D eigenvalue weighted by atomic mass is 10.3. The molecule has 0 unspecified atom stereocenters. The monoisotopic (exact) mass is 281 g/mol. The number of nitrogens with one attached hydrogen (secondary N) is 1. The van der Waals surface area contributed by atoms with Crippen molar-refractivity contribution in [2.75, 3.05) is 13.6 Å². The number of H-pyrrole nitrogens is 1. The summed E-state index contributed by atoms with van der Waals surface area (Å²) in [5.41, 5.74) is 0.614. The molecule has 2 aromatic rings. The molecule has 7 nitrogen and oxygen atoms in total. The van der Waals surface area contributed by atoms with Crippen LogP contribution in [0.4, 0.5) is 0 Å². The number of oxazole rings is 1. The zero-order chi connectivity index (χ0) is 14.0. The van der Waals surface area contributed by atoms with Crippen molar-refractivity contribution in [3.63, 3.8) is 0 Å². The van der Waals surface area contributed by atoms with Gasteiger partial charge in [-0.25, -0.2) is 13.2 Å². The van der Waals surface area contributed by atoms with Gasteiger partial charge >= 0.3 is 5.76 Å². The van der Waals surface area contributed by atoms with Crippen molar-refractivity contribution in [2.24, 2.45) is 0 Å². The lowest BCUT2D eigenvalue weighted by Gasteiger charge is -2.15. The molecular formula is C11H11N3O4S. The van der Waals surface area contributed by atoms with E-state index in [0.29, 0.717) is 5.52 Å². The Morgan fingerprint density at radius 1 is 1.47 bits per heavy atom. The molecule has 1 heterocycles. The van der Waals surface area contributed by atoms with Crippen molar-refractivity contribution in [3.05, 3.63) is 28.7 Å². The van der Waals surface area contributed by atoms with Crippen LogP contribution in [0, 0.1) is 11.3 Å². The van der Waals surface area contributed by atoms with Gasteiger partial charge in [0.1, 0.15) is 0 Å². The van der Waals surface area contributed by atoms with E-state index in [-0.39, 0.29) is 23.4 Å². The van der Waals surface area contributed by atoms with E-state index in [2.05, 4.69) is 4.98 Å². The molecule has 0 atom stereocenters. The lowest BCUT2D eigenvalue weighted by molar-refractivity contribution is 0.476. The summed E-state index contributed by atoms with van der Waals surface area (Å²) >= 11 is 0. The van der Waals surface area contributed by atoms with Gasteiger partial charge in [0.25, 0.3) is 0 Å². The van der Waals surface area contributed by atoms with Crippen LogP contribution in [0.15, 0.2) is 32.3 Å². The normalized spacial score (nSPS) is 11.8. The average Bonchev–Trinajstić information content (AvgIpc) is 2.74. The molecule has 1 N–H and O–H groups in total. The van der Waals surface area contributed by atoms with E-state index in [9.17, 15) is 13.2 Å². The quantitative estimate of drug-likeness (QED) is 0.885. The van der Waals surface area contributed by atoms with Gasteiger partial charge < -0.3 is 4.42 Å². The van der Waals surface area contributed by atoms with E-state index in [1.807, 2.05) is 6.07 Å². The Labute approximate surface area is 109 Å². The maximum absolute atomic E-state index is 12.2. The number of rotatable bonds is 4. The van der Waals surface area contributed by atoms with Gasteiger partial charge in [-0.2, -0.15) is 9.57 Å². The van der Waals surface area contributed by atoms with Crippen LogP contribution >= 0.6 is 0 Å². The van der Waals surface area contributed by atoms with Gasteiger partial charge in [-0.15, -0.1) is 0 Å². The summed E-state index contributed by atoms with van der Waals surface area (Å²) in [6, 6.07) is 6.01. The Kier molecular flexibility index (Phi) is 3.42. The van der Waals surface area contributed by atoms with Crippen molar-refractivity contribution in [2.45, 2.75) is 11.3 Å². The first kappa shape index (κ1) is 13.3. The Hall–Kier alpha value is -2.11. The third-order valence-corrected chi connectivity index (χ3v) is 4.49. The van der Waals surface area contributed by atoms with E-state index in [1.54, 1.807) is 0 Å². The standard InChI is InChI=1S/C11H11N3O4S/c1-14(6-2-5-12)19(16,17)8-3-4-9-10(7-8)18-11(15)13-9/h3-4,7H,2,6H2,1H3,(H,13,15). The molecule has 0 saturated carbocycles. The summed E-state index contributed by atoms with van der Waals surface area (Å²) in [5, 5.41) is 8.47. The number of hydrogen-bond donors (Lipinski definition) is 1. The molecule has 1 aromatic heterocycles. The molecule has 0 saturated heterocycles. The number of nitriles is 1. The predicted octanol–water partition coefficient (Wildman–Crippen LogP) is 0.655. The molecule has 0 fully saturated rings. The van der Waals surface area contributed by atoms with Crippen LogP contribution in [0.5, 0.6) is 0 Å². The third-order valence-electron chi connectivity index (χ3n) is 2.64. The SMILES string of the molecule is CN(CCC#N)S(=O)(=O)c1ccc2[nH]c(=O)oc2c1. The second kappa shape index (κ2) is 4.87. The second-order valence-electron chi connectivity index (χ2n) is 3.91. The first-order valence-corrected chi connectivity index (χ1v) is 6.85. The van der Waals surface area contributed by atoms with Gasteiger partial charge in [0.05, 0.1) is 16.5 Å². The minimum absolute atomic E-state index is 0.0168. The van der Waals surface area contributed by atoms with Crippen molar-refractivity contribution >= 4 is 21.1 Å². The van der Waals surface area contributed by atoms with Crippen molar-refractivity contribution in [3.8, 4) is 6.07 Å². The van der Waals surface area contributed by atoms with Crippen LogP contribution in [0.3, 0.4) is 0 Å². The molecule has 0 aliphatic carbocycles. The fourth-order valence-corrected chi connectivity index (χ4v) is 2.78. The molecule has 8 heteroatoms. The number of sulfonamides is 1. The maximum atomic E-state index is 12.2. The summed E-state index contributed by atoms with van der Waals surface area (Å²) < 4.78 is 30.3. The zero-order valence-electron chi connectivity index (χ0n) is 10.1. The van der Waals surface area contributed by atoms with E-state index < -0.39 is 15.8 Å². The minimum Gasteiger partial charge on any atom is -0.408 e. The predicted molar refractivity (Wildman–Crippen MR) is 66.9 cm³/mol. The van der Waals surface area contributed by atoms with Gasteiger partial charge in [0.2, 0.25) is 10.0 Å². The number of benzene rings is 1. The molecule has 0 aliphatic rings. The molecular weight excluding hydrogens is 270 g/mol. The molecule has 0 amide bonds. The van der Waals surface area contributed by atoms with E-state index in [4.69, 9.17) is 9.68 Å². The number of fused-ring (bicyclic) bond motifs is 1. The number of aromatic amines is 1. The Morgan fingerprint density at radius 2 is 2.21 bits per heavy atom. The molecule has 0 bridgehead atoms. The van der Waals surface area contributed by atoms with Gasteiger partial charge in [-0.05, 0) is 12.1 Å². The summed E-state index contributed by atoms with van der Waals surface area (Å²) in [6.07, 6.45) is 0.108. The van der Waals surface area contributed by atoms with Crippen LogP contribution in [0.2, 0.25) is 0 Å². The molecule has 100 valence electrons. The van der Waals surface area contributed by atoms with Gasteiger partial charge in [0, 0.05) is 26.1 Å². The van der Waals surface area contributed by atoms with Crippen molar-refractivity contribution in [1.82, 2.24) is 9.29 Å². The van der Waals surface area contributed by atoms with Crippen LogP contribution in [-0.4, -0.2) is 31.3 Å². The number of aromatic nitrogens is 1. The zero-order valence-corrected chi connectivity index (χ0v) is 10.9. The van der Waals surface area contributed by atoms with Crippen LogP contribution in [0.25, 0.3) is 11.1 Å². The van der Waals surface area contributed by atoms with Gasteiger partial charge in [-0.1, -0.05) is 0 Å². The highest BCUT2D eigenvalue weighted by molar-refractivity contribution is 7.89. The highest BCUT2D eigenvalue weighted by Gasteiger charge is 2.21. The first-order chi connectivity index (χ1) is 8.95. The van der Waals surface area contributed by atoms with Crippen LogP contribution in [0.1, 0.15) is 6.42 Å². The Bertz CT molecular complexity index is 797. The lowest BCUT2D eigenvalue weighted by Crippen LogP contribution is -2.27. The highest BCUT2D eigenvalue weighted by atomic mass is 32.2. The molecule has 0 radical (unpaired) electrons. The average molecular weight is 281 g/mol. The largest absolute Gasteiger partial charge is 0.417 e. The molecule has 2 rings (SSSR count). The summed E-state index contributed by atoms with van der Waals surface area (Å²) in [7, 11) is -2.29.